The van der Waals surface area contributed by atoms with E-state index in [-0.39, 0.29) is 13.0 Å². The van der Waals surface area contributed by atoms with Crippen molar-refractivity contribution >= 4 is 16.9 Å². The summed E-state index contributed by atoms with van der Waals surface area (Å²) in [5.41, 5.74) is -1.26. The minimum Gasteiger partial charge on any atom is -0.491 e. The standard InChI is InChI=1S/C19H20O7/c1-11-7-14(25-18(11)22)9-19(2,23)16(20)10-24-13-5-3-12-4-6-17(21)26-15(12)8-13/h3-6,8,14,16,20,23H,1,7,9-10H2,2H3/t14-,16+,19+/m1/s1. The number of hydrogen-bond donors (Lipinski definition) is 2. The molecular weight excluding hydrogens is 340 g/mol. The van der Waals surface area contributed by atoms with Crippen LogP contribution in [0, 0.1) is 0 Å². The number of cyclic esters (lactones) is 1. The number of benzene rings is 1. The Morgan fingerprint density at radius 3 is 2.77 bits per heavy atom. The lowest BCUT2D eigenvalue weighted by atomic mass is 9.91. The normalized spacial score (nSPS) is 20.7. The molecule has 1 fully saturated rings. The minimum absolute atomic E-state index is 0.0644. The first-order chi connectivity index (χ1) is 12.2. The number of hydrogen-bond acceptors (Lipinski definition) is 7. The first-order valence-electron chi connectivity index (χ1n) is 8.20. The quantitative estimate of drug-likeness (QED) is 0.457. The van der Waals surface area contributed by atoms with Crippen molar-refractivity contribution in [3.63, 3.8) is 0 Å². The Morgan fingerprint density at radius 2 is 2.08 bits per heavy atom. The second-order valence-corrected chi connectivity index (χ2v) is 6.68. The molecule has 0 unspecified atom stereocenters. The summed E-state index contributed by atoms with van der Waals surface area (Å²) in [6.07, 6.45) is -1.34. The summed E-state index contributed by atoms with van der Waals surface area (Å²) in [5.74, 6) is -0.0865. The molecule has 3 rings (SSSR count). The van der Waals surface area contributed by atoms with E-state index in [1.54, 1.807) is 24.3 Å². The van der Waals surface area contributed by atoms with E-state index in [0.29, 0.717) is 23.3 Å². The highest BCUT2D eigenvalue weighted by Gasteiger charge is 2.38. The van der Waals surface area contributed by atoms with Gasteiger partial charge in [-0.05, 0) is 25.1 Å². The van der Waals surface area contributed by atoms with E-state index >= 15 is 0 Å². The van der Waals surface area contributed by atoms with Gasteiger partial charge in [0.15, 0.2) is 0 Å². The predicted octanol–water partition coefficient (Wildman–Crippen LogP) is 1.55. The molecule has 3 atom stereocenters. The van der Waals surface area contributed by atoms with Crippen molar-refractivity contribution in [3.05, 3.63) is 52.9 Å². The van der Waals surface area contributed by atoms with E-state index in [2.05, 4.69) is 6.58 Å². The van der Waals surface area contributed by atoms with Gasteiger partial charge in [0.1, 0.15) is 30.1 Å². The monoisotopic (exact) mass is 360 g/mol. The van der Waals surface area contributed by atoms with Gasteiger partial charge >= 0.3 is 11.6 Å². The SMILES string of the molecule is C=C1C[C@H](C[C@](C)(O)[C@@H](O)COc2ccc3ccc(=O)oc3c2)OC1=O. The van der Waals surface area contributed by atoms with Crippen LogP contribution < -0.4 is 10.4 Å². The van der Waals surface area contributed by atoms with Gasteiger partial charge < -0.3 is 24.1 Å². The molecular formula is C19H20O7. The number of carbonyl (C=O) groups is 1. The maximum absolute atomic E-state index is 11.4. The van der Waals surface area contributed by atoms with Crippen molar-refractivity contribution in [2.75, 3.05) is 6.61 Å². The second-order valence-electron chi connectivity index (χ2n) is 6.68. The first kappa shape index (κ1) is 18.2. The molecule has 0 aliphatic carbocycles. The molecule has 0 bridgehead atoms. The van der Waals surface area contributed by atoms with Gasteiger partial charge in [0, 0.05) is 35.9 Å². The van der Waals surface area contributed by atoms with E-state index in [1.165, 1.54) is 13.0 Å². The van der Waals surface area contributed by atoms with E-state index < -0.39 is 29.4 Å². The lowest BCUT2D eigenvalue weighted by molar-refractivity contribution is -0.144. The molecule has 0 saturated carbocycles. The fourth-order valence-corrected chi connectivity index (χ4v) is 2.83. The Hall–Kier alpha value is -2.64. The van der Waals surface area contributed by atoms with E-state index in [9.17, 15) is 19.8 Å². The van der Waals surface area contributed by atoms with Gasteiger partial charge in [0.2, 0.25) is 0 Å². The van der Waals surface area contributed by atoms with Crippen LogP contribution in [0.1, 0.15) is 19.8 Å². The van der Waals surface area contributed by atoms with Crippen LogP contribution in [0.15, 0.2) is 51.7 Å². The van der Waals surface area contributed by atoms with Gasteiger partial charge in [-0.2, -0.15) is 0 Å². The van der Waals surface area contributed by atoms with Crippen LogP contribution in [0.25, 0.3) is 11.0 Å². The van der Waals surface area contributed by atoms with Crippen molar-refractivity contribution in [2.45, 2.75) is 37.6 Å². The van der Waals surface area contributed by atoms with Crippen LogP contribution in [-0.4, -0.2) is 40.6 Å². The number of carbonyl (C=O) groups excluding carboxylic acids is 1. The van der Waals surface area contributed by atoms with E-state index in [4.69, 9.17) is 13.9 Å². The van der Waals surface area contributed by atoms with Crippen molar-refractivity contribution in [3.8, 4) is 5.75 Å². The molecule has 0 amide bonds. The van der Waals surface area contributed by atoms with Gasteiger partial charge in [-0.25, -0.2) is 9.59 Å². The summed E-state index contributed by atoms with van der Waals surface area (Å²) in [4.78, 5) is 22.6. The summed E-state index contributed by atoms with van der Waals surface area (Å²) in [6, 6.07) is 7.91. The zero-order valence-corrected chi connectivity index (χ0v) is 14.3. The lowest BCUT2D eigenvalue weighted by Crippen LogP contribution is -2.45. The predicted molar refractivity (Wildman–Crippen MR) is 92.9 cm³/mol. The molecule has 2 heterocycles. The Bertz CT molecular complexity index is 880. The Morgan fingerprint density at radius 1 is 1.35 bits per heavy atom. The van der Waals surface area contributed by atoms with Crippen LogP contribution in [0.5, 0.6) is 5.75 Å². The number of esters is 1. The van der Waals surface area contributed by atoms with Gasteiger partial charge in [0.25, 0.3) is 0 Å². The fraction of sp³-hybridized carbons (Fsp3) is 0.368. The van der Waals surface area contributed by atoms with Crippen LogP contribution in [0.2, 0.25) is 0 Å². The van der Waals surface area contributed by atoms with Gasteiger partial charge in [-0.1, -0.05) is 6.58 Å². The van der Waals surface area contributed by atoms with Crippen LogP contribution >= 0.6 is 0 Å². The first-order valence-corrected chi connectivity index (χ1v) is 8.20. The number of aliphatic hydroxyl groups excluding tert-OH is 1. The Balaban J connectivity index is 1.62. The Kier molecular flexibility index (Phi) is 4.84. The Labute approximate surface area is 149 Å². The third-order valence-corrected chi connectivity index (χ3v) is 4.40. The molecule has 7 heteroatoms. The lowest BCUT2D eigenvalue weighted by Gasteiger charge is -2.30. The van der Waals surface area contributed by atoms with Crippen LogP contribution in [-0.2, 0) is 9.53 Å². The topological polar surface area (TPSA) is 106 Å². The third-order valence-electron chi connectivity index (χ3n) is 4.40. The molecule has 1 aromatic heterocycles. The molecule has 1 aliphatic heterocycles. The summed E-state index contributed by atoms with van der Waals surface area (Å²) >= 11 is 0. The maximum Gasteiger partial charge on any atom is 0.336 e. The molecule has 26 heavy (non-hydrogen) atoms. The molecule has 7 nitrogen and oxygen atoms in total. The van der Waals surface area contributed by atoms with E-state index in [0.717, 1.165) is 5.39 Å². The highest BCUT2D eigenvalue weighted by atomic mass is 16.6. The van der Waals surface area contributed by atoms with Crippen LogP contribution in [0.4, 0.5) is 0 Å². The summed E-state index contributed by atoms with van der Waals surface area (Å²) < 4.78 is 15.7. The van der Waals surface area contributed by atoms with Crippen molar-refractivity contribution < 1.29 is 28.9 Å². The van der Waals surface area contributed by atoms with Gasteiger partial charge in [-0.15, -0.1) is 0 Å². The highest BCUT2D eigenvalue weighted by Crippen LogP contribution is 2.28. The van der Waals surface area contributed by atoms with Gasteiger partial charge in [-0.3, -0.25) is 0 Å². The summed E-state index contributed by atoms with van der Waals surface area (Å²) in [7, 11) is 0. The largest absolute Gasteiger partial charge is 0.491 e. The molecule has 0 radical (unpaired) electrons. The number of ether oxygens (including phenoxy) is 2. The van der Waals surface area contributed by atoms with Gasteiger partial charge in [0.05, 0.1) is 5.60 Å². The van der Waals surface area contributed by atoms with Crippen LogP contribution in [0.3, 0.4) is 0 Å². The number of rotatable bonds is 6. The zero-order valence-electron chi connectivity index (χ0n) is 14.3. The average molecular weight is 360 g/mol. The minimum atomic E-state index is -1.51. The highest BCUT2D eigenvalue weighted by molar-refractivity contribution is 5.89. The molecule has 1 saturated heterocycles. The third kappa shape index (κ3) is 3.95. The number of fused-ring (bicyclic) bond motifs is 1. The van der Waals surface area contributed by atoms with Crippen molar-refractivity contribution in [1.82, 2.24) is 0 Å². The number of aliphatic hydroxyl groups is 2. The van der Waals surface area contributed by atoms with Crippen molar-refractivity contribution in [1.29, 1.82) is 0 Å². The second kappa shape index (κ2) is 6.93. The molecule has 2 N–H and O–H groups in total. The fourth-order valence-electron chi connectivity index (χ4n) is 2.83. The molecule has 2 aromatic rings. The molecule has 138 valence electrons. The maximum atomic E-state index is 11.4. The molecule has 0 spiro atoms. The molecule has 1 aliphatic rings. The van der Waals surface area contributed by atoms with E-state index in [1.807, 2.05) is 0 Å². The molecule has 1 aromatic carbocycles. The smallest absolute Gasteiger partial charge is 0.336 e. The zero-order chi connectivity index (χ0) is 18.9. The average Bonchev–Trinajstić information content (AvgIpc) is 2.88. The summed E-state index contributed by atoms with van der Waals surface area (Å²) in [6.45, 7) is 4.86. The summed E-state index contributed by atoms with van der Waals surface area (Å²) in [5, 5.41) is 21.5. The van der Waals surface area contributed by atoms with Crippen molar-refractivity contribution in [2.24, 2.45) is 0 Å².